The summed E-state index contributed by atoms with van der Waals surface area (Å²) >= 11 is 0. The average Bonchev–Trinajstić information content (AvgIpc) is 2.82. The normalized spacial score (nSPS) is 13.1. The van der Waals surface area contributed by atoms with Gasteiger partial charge in [0.2, 0.25) is 5.54 Å². The molecule has 0 saturated heterocycles. The minimum atomic E-state index is -0.474. The Kier molecular flexibility index (Phi) is 4.49. The lowest BCUT2D eigenvalue weighted by molar-refractivity contribution is -0.733. The van der Waals surface area contributed by atoms with E-state index >= 15 is 0 Å². The van der Waals surface area contributed by atoms with Crippen molar-refractivity contribution in [3.05, 3.63) is 126 Å². The molecule has 0 atom stereocenters. The minimum Gasteiger partial charge on any atom is -0.381 e. The molecular formula is C26H24N3+. The fraction of sp³-hybridized carbons (Fsp3) is 0.115. The number of rotatable bonds is 4. The Labute approximate surface area is 171 Å². The first-order chi connectivity index (χ1) is 14.4. The molecule has 0 fully saturated rings. The molecule has 1 aliphatic rings. The molecular weight excluding hydrogens is 354 g/mol. The summed E-state index contributed by atoms with van der Waals surface area (Å²) in [5, 5.41) is 7.03. The van der Waals surface area contributed by atoms with Gasteiger partial charge < -0.3 is 10.6 Å². The standard InChI is InChI=1S/C26H23N3/c1-4-10-21(11-5-1)26(22-12-6-2-7-13-22,23-14-8-3-9-15-23)29-19-16-24-25(20-29)28-18-17-27-24/h1-16,19-20,28H,17-18H2/p+1. The van der Waals surface area contributed by atoms with Crippen LogP contribution >= 0.6 is 0 Å². The second-order valence-electron chi connectivity index (χ2n) is 7.34. The molecule has 0 spiro atoms. The van der Waals surface area contributed by atoms with Gasteiger partial charge >= 0.3 is 0 Å². The topological polar surface area (TPSA) is 27.9 Å². The van der Waals surface area contributed by atoms with E-state index in [0.717, 1.165) is 24.5 Å². The van der Waals surface area contributed by atoms with Crippen molar-refractivity contribution in [2.45, 2.75) is 5.54 Å². The Balaban J connectivity index is 1.86. The zero-order chi connectivity index (χ0) is 19.5. The average molecular weight is 378 g/mol. The van der Waals surface area contributed by atoms with Gasteiger partial charge in [-0.1, -0.05) is 91.0 Å². The summed E-state index contributed by atoms with van der Waals surface area (Å²) in [6.45, 7) is 1.87. The Morgan fingerprint density at radius 3 is 1.48 bits per heavy atom. The van der Waals surface area contributed by atoms with E-state index in [0.29, 0.717) is 0 Å². The molecule has 1 aliphatic heterocycles. The zero-order valence-corrected chi connectivity index (χ0v) is 16.3. The lowest BCUT2D eigenvalue weighted by atomic mass is 9.76. The number of hydrogen-bond acceptors (Lipinski definition) is 2. The molecule has 0 unspecified atom stereocenters. The van der Waals surface area contributed by atoms with E-state index in [9.17, 15) is 0 Å². The second kappa shape index (κ2) is 7.44. The summed E-state index contributed by atoms with van der Waals surface area (Å²) in [6, 6.07) is 34.4. The van der Waals surface area contributed by atoms with Crippen molar-refractivity contribution in [1.82, 2.24) is 0 Å². The van der Waals surface area contributed by atoms with Gasteiger partial charge in [-0.25, -0.2) is 0 Å². The van der Waals surface area contributed by atoms with E-state index < -0.39 is 5.54 Å². The molecule has 142 valence electrons. The lowest BCUT2D eigenvalue weighted by Crippen LogP contribution is -2.58. The number of hydrogen-bond donors (Lipinski definition) is 2. The van der Waals surface area contributed by atoms with E-state index in [1.807, 2.05) is 0 Å². The zero-order valence-electron chi connectivity index (χ0n) is 16.3. The van der Waals surface area contributed by atoms with Crippen molar-refractivity contribution in [2.75, 3.05) is 23.7 Å². The Bertz CT molecular complexity index is 996. The quantitative estimate of drug-likeness (QED) is 0.400. The van der Waals surface area contributed by atoms with Gasteiger partial charge in [-0.15, -0.1) is 0 Å². The van der Waals surface area contributed by atoms with Crippen LogP contribution < -0.4 is 15.2 Å². The number of nitrogens with zero attached hydrogens (tertiary/aromatic N) is 1. The summed E-state index contributed by atoms with van der Waals surface area (Å²) < 4.78 is 2.34. The maximum Gasteiger partial charge on any atom is 0.244 e. The predicted molar refractivity (Wildman–Crippen MR) is 118 cm³/mol. The summed E-state index contributed by atoms with van der Waals surface area (Å²) in [7, 11) is 0. The van der Waals surface area contributed by atoms with Gasteiger partial charge in [0, 0.05) is 35.8 Å². The highest BCUT2D eigenvalue weighted by molar-refractivity contribution is 5.68. The van der Waals surface area contributed by atoms with E-state index in [1.165, 1.54) is 16.7 Å². The number of nitrogens with one attached hydrogen (secondary N) is 2. The maximum absolute atomic E-state index is 3.55. The van der Waals surface area contributed by atoms with Crippen LogP contribution in [0.1, 0.15) is 16.7 Å². The lowest BCUT2D eigenvalue weighted by Gasteiger charge is -2.31. The van der Waals surface area contributed by atoms with Crippen LogP contribution in [0.15, 0.2) is 109 Å². The summed E-state index contributed by atoms with van der Waals surface area (Å²) in [5.74, 6) is 0. The smallest absolute Gasteiger partial charge is 0.244 e. The highest BCUT2D eigenvalue weighted by atomic mass is 15.1. The van der Waals surface area contributed by atoms with E-state index in [2.05, 4.69) is 125 Å². The van der Waals surface area contributed by atoms with Crippen molar-refractivity contribution in [1.29, 1.82) is 0 Å². The Morgan fingerprint density at radius 1 is 0.552 bits per heavy atom. The fourth-order valence-corrected chi connectivity index (χ4v) is 4.38. The first kappa shape index (κ1) is 17.5. The molecule has 4 aromatic rings. The molecule has 0 saturated carbocycles. The van der Waals surface area contributed by atoms with Crippen LogP contribution in [0, 0.1) is 0 Å². The number of aromatic nitrogens is 1. The number of fused-ring (bicyclic) bond motifs is 1. The number of benzene rings is 3. The Hall–Kier alpha value is -3.59. The van der Waals surface area contributed by atoms with Crippen LogP contribution in [0.5, 0.6) is 0 Å². The maximum atomic E-state index is 3.55. The highest BCUT2D eigenvalue weighted by Gasteiger charge is 2.46. The van der Waals surface area contributed by atoms with Crippen LogP contribution in [-0.2, 0) is 5.54 Å². The molecule has 29 heavy (non-hydrogen) atoms. The van der Waals surface area contributed by atoms with Crippen molar-refractivity contribution < 1.29 is 4.57 Å². The molecule has 0 bridgehead atoms. The first-order valence-corrected chi connectivity index (χ1v) is 10.1. The molecule has 0 amide bonds. The van der Waals surface area contributed by atoms with Crippen LogP contribution in [-0.4, -0.2) is 13.1 Å². The van der Waals surface area contributed by atoms with E-state index in [4.69, 9.17) is 0 Å². The molecule has 0 aliphatic carbocycles. The molecule has 1 aromatic heterocycles. The molecule has 3 heteroatoms. The van der Waals surface area contributed by atoms with Gasteiger partial charge in [0.25, 0.3) is 0 Å². The molecule has 2 N–H and O–H groups in total. The van der Waals surface area contributed by atoms with Crippen LogP contribution in [0.25, 0.3) is 0 Å². The van der Waals surface area contributed by atoms with Crippen molar-refractivity contribution in [3.63, 3.8) is 0 Å². The van der Waals surface area contributed by atoms with Crippen LogP contribution in [0.3, 0.4) is 0 Å². The third kappa shape index (κ3) is 2.95. The minimum absolute atomic E-state index is 0.474. The monoisotopic (exact) mass is 378 g/mol. The first-order valence-electron chi connectivity index (χ1n) is 10.1. The van der Waals surface area contributed by atoms with Gasteiger partial charge in [-0.05, 0) is 0 Å². The molecule has 3 nitrogen and oxygen atoms in total. The largest absolute Gasteiger partial charge is 0.381 e. The van der Waals surface area contributed by atoms with E-state index in [-0.39, 0.29) is 0 Å². The van der Waals surface area contributed by atoms with Crippen molar-refractivity contribution >= 4 is 11.4 Å². The number of pyridine rings is 1. The van der Waals surface area contributed by atoms with Gasteiger partial charge in [0.05, 0.1) is 5.69 Å². The van der Waals surface area contributed by atoms with E-state index in [1.54, 1.807) is 0 Å². The SMILES string of the molecule is c1ccc(C(c2ccccc2)(c2ccccc2)[n+]2ccc3c(c2)NCCN3)cc1. The van der Waals surface area contributed by atoms with Crippen LogP contribution in [0.2, 0.25) is 0 Å². The molecule has 2 heterocycles. The number of anilines is 2. The summed E-state index contributed by atoms with van der Waals surface area (Å²) in [6.07, 6.45) is 4.42. The highest BCUT2D eigenvalue weighted by Crippen LogP contribution is 2.37. The van der Waals surface area contributed by atoms with Crippen LogP contribution in [0.4, 0.5) is 11.4 Å². The van der Waals surface area contributed by atoms with Crippen molar-refractivity contribution in [3.8, 4) is 0 Å². The summed E-state index contributed by atoms with van der Waals surface area (Å²) in [5.41, 5.74) is 5.49. The third-order valence-electron chi connectivity index (χ3n) is 5.68. The molecule has 5 rings (SSSR count). The summed E-state index contributed by atoms with van der Waals surface area (Å²) in [4.78, 5) is 0. The molecule has 0 radical (unpaired) electrons. The molecule has 3 aromatic carbocycles. The third-order valence-corrected chi connectivity index (χ3v) is 5.68. The fourth-order valence-electron chi connectivity index (χ4n) is 4.38. The second-order valence-corrected chi connectivity index (χ2v) is 7.34. The Morgan fingerprint density at radius 2 is 1.00 bits per heavy atom. The van der Waals surface area contributed by atoms with Crippen molar-refractivity contribution in [2.24, 2.45) is 0 Å². The van der Waals surface area contributed by atoms with Gasteiger partial charge in [-0.2, -0.15) is 4.57 Å². The van der Waals surface area contributed by atoms with Gasteiger partial charge in [0.1, 0.15) is 5.69 Å². The van der Waals surface area contributed by atoms with Gasteiger partial charge in [0.15, 0.2) is 12.4 Å². The van der Waals surface area contributed by atoms with Gasteiger partial charge in [-0.3, -0.25) is 0 Å². The predicted octanol–water partition coefficient (Wildman–Crippen LogP) is 4.65.